The summed E-state index contributed by atoms with van der Waals surface area (Å²) in [6.45, 7) is 2.09. The molecule has 16 heavy (non-hydrogen) atoms. The first-order valence-corrected chi connectivity index (χ1v) is 4.87. The molecule has 2 aromatic heterocycles. The zero-order valence-electron chi connectivity index (χ0n) is 8.80. The summed E-state index contributed by atoms with van der Waals surface area (Å²) in [5.41, 5.74) is 0.620. The van der Waals surface area contributed by atoms with Crippen molar-refractivity contribution in [3.63, 3.8) is 0 Å². The molecule has 82 valence electrons. The van der Waals surface area contributed by atoms with Gasteiger partial charge >= 0.3 is 5.69 Å². The molecule has 0 saturated heterocycles. The van der Waals surface area contributed by atoms with Gasteiger partial charge in [0, 0.05) is 18.0 Å². The summed E-state index contributed by atoms with van der Waals surface area (Å²) in [6, 6.07) is 6.89. The van der Waals surface area contributed by atoms with Crippen LogP contribution in [0.2, 0.25) is 0 Å². The van der Waals surface area contributed by atoms with E-state index in [0.29, 0.717) is 12.2 Å². The smallest absolute Gasteiger partial charge is 0.292 e. The van der Waals surface area contributed by atoms with Gasteiger partial charge in [-0.2, -0.15) is 0 Å². The summed E-state index contributed by atoms with van der Waals surface area (Å²) in [5.74, 6) is 0. The molecule has 0 aliphatic rings. The third-order valence-corrected chi connectivity index (χ3v) is 2.29. The van der Waals surface area contributed by atoms with Crippen LogP contribution in [0.1, 0.15) is 11.4 Å². The van der Waals surface area contributed by atoms with Crippen molar-refractivity contribution < 1.29 is 0 Å². The molecule has 2 heterocycles. The maximum atomic E-state index is 11.5. The topological polar surface area (TPSA) is 67.8 Å². The molecular weight excluding hydrogens is 206 g/mol. The van der Waals surface area contributed by atoms with E-state index in [1.54, 1.807) is 13.1 Å². The van der Waals surface area contributed by atoms with E-state index in [1.807, 2.05) is 18.2 Å². The van der Waals surface area contributed by atoms with Crippen molar-refractivity contribution in [1.82, 2.24) is 14.5 Å². The van der Waals surface area contributed by atoms with Gasteiger partial charge in [0.25, 0.3) is 5.56 Å². The fourth-order valence-electron chi connectivity index (χ4n) is 1.49. The van der Waals surface area contributed by atoms with Gasteiger partial charge in [0.15, 0.2) is 0 Å². The molecule has 0 bridgehead atoms. The zero-order chi connectivity index (χ0) is 11.5. The van der Waals surface area contributed by atoms with Crippen LogP contribution in [0.3, 0.4) is 0 Å². The highest BCUT2D eigenvalue weighted by molar-refractivity contribution is 5.07. The van der Waals surface area contributed by atoms with Crippen molar-refractivity contribution >= 4 is 0 Å². The van der Waals surface area contributed by atoms with Gasteiger partial charge < -0.3 is 0 Å². The fourth-order valence-corrected chi connectivity index (χ4v) is 1.49. The van der Waals surface area contributed by atoms with E-state index >= 15 is 0 Å². The Bertz CT molecular complexity index is 599. The van der Waals surface area contributed by atoms with Crippen LogP contribution >= 0.6 is 0 Å². The first-order valence-electron chi connectivity index (χ1n) is 4.87. The molecule has 0 atom stereocenters. The highest BCUT2D eigenvalue weighted by Gasteiger charge is 2.03. The predicted molar refractivity (Wildman–Crippen MR) is 59.4 cm³/mol. The molecule has 1 N–H and O–H groups in total. The van der Waals surface area contributed by atoms with E-state index in [1.165, 1.54) is 10.6 Å². The first-order chi connectivity index (χ1) is 7.66. The Morgan fingerprint density at radius 1 is 1.38 bits per heavy atom. The van der Waals surface area contributed by atoms with Crippen molar-refractivity contribution in [3.05, 3.63) is 62.7 Å². The van der Waals surface area contributed by atoms with Crippen molar-refractivity contribution in [2.45, 2.75) is 13.5 Å². The Morgan fingerprint density at radius 2 is 2.19 bits per heavy atom. The molecule has 0 unspecified atom stereocenters. The van der Waals surface area contributed by atoms with Gasteiger partial charge in [-0.3, -0.25) is 19.3 Å². The molecular formula is C11H11N3O2. The van der Waals surface area contributed by atoms with Crippen molar-refractivity contribution in [2.24, 2.45) is 0 Å². The maximum absolute atomic E-state index is 11.5. The van der Waals surface area contributed by atoms with E-state index in [0.717, 1.165) is 5.69 Å². The van der Waals surface area contributed by atoms with Gasteiger partial charge in [0.1, 0.15) is 0 Å². The van der Waals surface area contributed by atoms with E-state index in [-0.39, 0.29) is 5.56 Å². The molecule has 0 amide bonds. The van der Waals surface area contributed by atoms with Gasteiger partial charge in [-0.1, -0.05) is 6.07 Å². The molecule has 2 rings (SSSR count). The van der Waals surface area contributed by atoms with Gasteiger partial charge in [-0.15, -0.1) is 0 Å². The van der Waals surface area contributed by atoms with Crippen LogP contribution in [-0.2, 0) is 6.54 Å². The van der Waals surface area contributed by atoms with E-state index in [4.69, 9.17) is 0 Å². The lowest BCUT2D eigenvalue weighted by Crippen LogP contribution is -2.31. The molecule has 0 saturated carbocycles. The van der Waals surface area contributed by atoms with Crippen molar-refractivity contribution in [3.8, 4) is 0 Å². The Balaban J connectivity index is 2.43. The van der Waals surface area contributed by atoms with Crippen LogP contribution < -0.4 is 11.2 Å². The standard InChI is InChI=1S/C11H11N3O2/c1-8-6-10(15)13-11(16)14(8)7-9-4-2-3-5-12-9/h2-6H,7H2,1H3,(H,13,15,16). The summed E-state index contributed by atoms with van der Waals surface area (Å²) >= 11 is 0. The molecule has 2 aromatic rings. The molecule has 0 radical (unpaired) electrons. The largest absolute Gasteiger partial charge is 0.328 e. The lowest BCUT2D eigenvalue weighted by Gasteiger charge is -2.07. The van der Waals surface area contributed by atoms with Gasteiger partial charge in [0.2, 0.25) is 0 Å². The van der Waals surface area contributed by atoms with Crippen LogP contribution in [0.5, 0.6) is 0 Å². The van der Waals surface area contributed by atoms with E-state index in [2.05, 4.69) is 9.97 Å². The van der Waals surface area contributed by atoms with Crippen LogP contribution in [0, 0.1) is 6.92 Å². The molecule has 0 spiro atoms. The highest BCUT2D eigenvalue weighted by Crippen LogP contribution is 1.97. The number of H-pyrrole nitrogens is 1. The van der Waals surface area contributed by atoms with E-state index in [9.17, 15) is 9.59 Å². The lowest BCUT2D eigenvalue weighted by molar-refractivity contribution is 0.680. The normalized spacial score (nSPS) is 10.3. The lowest BCUT2D eigenvalue weighted by atomic mass is 10.3. The Labute approximate surface area is 91.4 Å². The molecule has 0 fully saturated rings. The van der Waals surface area contributed by atoms with Crippen molar-refractivity contribution in [1.29, 1.82) is 0 Å². The number of rotatable bonds is 2. The van der Waals surface area contributed by atoms with E-state index < -0.39 is 5.69 Å². The maximum Gasteiger partial charge on any atom is 0.328 e. The predicted octanol–water partition coefficient (Wildman–Crippen LogP) is 0.288. The molecule has 5 nitrogen and oxygen atoms in total. The Morgan fingerprint density at radius 3 is 2.81 bits per heavy atom. The summed E-state index contributed by atoms with van der Waals surface area (Å²) in [5, 5.41) is 0. The summed E-state index contributed by atoms with van der Waals surface area (Å²) in [6.07, 6.45) is 1.67. The number of hydrogen-bond donors (Lipinski definition) is 1. The Kier molecular flexibility index (Phi) is 2.68. The second-order valence-electron chi connectivity index (χ2n) is 3.49. The molecule has 0 aliphatic carbocycles. The average molecular weight is 217 g/mol. The minimum Gasteiger partial charge on any atom is -0.292 e. The SMILES string of the molecule is Cc1cc(=O)[nH]c(=O)n1Cc1ccccn1. The number of aromatic amines is 1. The number of hydrogen-bond acceptors (Lipinski definition) is 3. The third kappa shape index (κ3) is 2.08. The monoisotopic (exact) mass is 217 g/mol. The minimum atomic E-state index is -0.407. The Hall–Kier alpha value is -2.17. The van der Waals surface area contributed by atoms with Gasteiger partial charge in [0.05, 0.1) is 12.2 Å². The highest BCUT2D eigenvalue weighted by atomic mass is 16.2. The van der Waals surface area contributed by atoms with Crippen LogP contribution in [0.15, 0.2) is 40.1 Å². The molecule has 0 aliphatic heterocycles. The van der Waals surface area contributed by atoms with Gasteiger partial charge in [-0.25, -0.2) is 4.79 Å². The first kappa shape index (κ1) is 10.4. The van der Waals surface area contributed by atoms with Gasteiger partial charge in [-0.05, 0) is 19.1 Å². The van der Waals surface area contributed by atoms with Crippen molar-refractivity contribution in [2.75, 3.05) is 0 Å². The van der Waals surface area contributed by atoms with Crippen LogP contribution in [0.4, 0.5) is 0 Å². The number of nitrogens with zero attached hydrogens (tertiary/aromatic N) is 2. The molecule has 5 heteroatoms. The average Bonchev–Trinajstić information content (AvgIpc) is 2.25. The number of aromatic nitrogens is 3. The second kappa shape index (κ2) is 4.14. The number of pyridine rings is 1. The zero-order valence-corrected chi connectivity index (χ0v) is 8.80. The minimum absolute atomic E-state index is 0.363. The fraction of sp³-hybridized carbons (Fsp3) is 0.182. The number of nitrogens with one attached hydrogen (secondary N) is 1. The summed E-state index contributed by atoms with van der Waals surface area (Å²) in [7, 11) is 0. The number of aryl methyl sites for hydroxylation is 1. The second-order valence-corrected chi connectivity index (χ2v) is 3.49. The summed E-state index contributed by atoms with van der Waals surface area (Å²) in [4.78, 5) is 28.9. The van der Waals surface area contributed by atoms with Crippen LogP contribution in [-0.4, -0.2) is 14.5 Å². The van der Waals surface area contributed by atoms with Crippen LogP contribution in [0.25, 0.3) is 0 Å². The quantitative estimate of drug-likeness (QED) is 0.786. The summed E-state index contributed by atoms with van der Waals surface area (Å²) < 4.78 is 1.48. The third-order valence-electron chi connectivity index (χ3n) is 2.29. The molecule has 0 aromatic carbocycles.